The molecule has 0 N–H and O–H groups in total. The van der Waals surface area contributed by atoms with Crippen LogP contribution in [0.2, 0.25) is 0 Å². The number of benzene rings is 2. The van der Waals surface area contributed by atoms with Crippen molar-refractivity contribution >= 4 is 23.4 Å². The van der Waals surface area contributed by atoms with Gasteiger partial charge in [0.05, 0.1) is 42.5 Å². The van der Waals surface area contributed by atoms with E-state index in [0.29, 0.717) is 34.2 Å². The zero-order valence-electron chi connectivity index (χ0n) is 17.7. The Balaban J connectivity index is 1.96. The lowest BCUT2D eigenvalue weighted by atomic mass is 10.1. The summed E-state index contributed by atoms with van der Waals surface area (Å²) in [6.45, 7) is 3.60. The number of nitrogens with zero attached hydrogens (tertiary/aromatic N) is 3. The molecule has 0 fully saturated rings. The van der Waals surface area contributed by atoms with Gasteiger partial charge in [-0.15, -0.1) is 0 Å². The highest BCUT2D eigenvalue weighted by Gasteiger charge is 2.22. The second kappa shape index (κ2) is 9.09. The van der Waals surface area contributed by atoms with Gasteiger partial charge in [0, 0.05) is 22.6 Å². The van der Waals surface area contributed by atoms with E-state index in [-0.39, 0.29) is 11.6 Å². The van der Waals surface area contributed by atoms with Gasteiger partial charge in [0.15, 0.2) is 11.5 Å². The fourth-order valence-corrected chi connectivity index (χ4v) is 3.99. The first-order valence-electron chi connectivity index (χ1n) is 9.14. The van der Waals surface area contributed by atoms with Gasteiger partial charge in [-0.2, -0.15) is 9.78 Å². The van der Waals surface area contributed by atoms with E-state index in [0.717, 1.165) is 9.79 Å². The highest BCUT2D eigenvalue weighted by atomic mass is 32.2. The number of aromatic nitrogens is 2. The van der Waals surface area contributed by atoms with Crippen LogP contribution in [0.4, 0.5) is 5.69 Å². The maximum atomic E-state index is 13.2. The van der Waals surface area contributed by atoms with Crippen molar-refractivity contribution in [2.75, 3.05) is 21.3 Å². The number of rotatable bonds is 7. The number of non-ortho nitro benzene ring substituents is 1. The summed E-state index contributed by atoms with van der Waals surface area (Å²) < 4.78 is 17.3. The minimum atomic E-state index is -0.445. The normalized spacial score (nSPS) is 10.6. The first-order valence-corrected chi connectivity index (χ1v) is 9.95. The number of carbonyl (C=O) groups excluding carboxylic acids is 1. The number of nitro groups is 1. The Labute approximate surface area is 183 Å². The van der Waals surface area contributed by atoms with Crippen LogP contribution in [0.1, 0.15) is 21.7 Å². The lowest BCUT2D eigenvalue weighted by Crippen LogP contribution is -2.16. The second-order valence-electron chi connectivity index (χ2n) is 6.48. The lowest BCUT2D eigenvalue weighted by Gasteiger charge is -2.14. The van der Waals surface area contributed by atoms with E-state index < -0.39 is 4.92 Å². The van der Waals surface area contributed by atoms with Crippen LogP contribution in [0.15, 0.2) is 46.2 Å². The van der Waals surface area contributed by atoms with Crippen LogP contribution in [0, 0.1) is 24.0 Å². The molecule has 2 aromatic carbocycles. The van der Waals surface area contributed by atoms with E-state index in [2.05, 4.69) is 5.10 Å². The van der Waals surface area contributed by atoms with Crippen molar-refractivity contribution in [1.29, 1.82) is 0 Å². The van der Waals surface area contributed by atoms with Crippen LogP contribution in [0.3, 0.4) is 0 Å². The van der Waals surface area contributed by atoms with Crippen molar-refractivity contribution in [1.82, 2.24) is 9.78 Å². The van der Waals surface area contributed by atoms with Crippen molar-refractivity contribution in [2.45, 2.75) is 23.6 Å². The minimum Gasteiger partial charge on any atom is -0.493 e. The number of aryl methyl sites for hydroxylation is 1. The minimum absolute atomic E-state index is 0.0195. The molecule has 31 heavy (non-hydrogen) atoms. The van der Waals surface area contributed by atoms with Gasteiger partial charge in [-0.05, 0) is 38.1 Å². The van der Waals surface area contributed by atoms with Crippen LogP contribution < -0.4 is 14.2 Å². The number of methoxy groups -OCH3 is 3. The Kier molecular flexibility index (Phi) is 6.50. The van der Waals surface area contributed by atoms with E-state index in [1.807, 2.05) is 0 Å². The molecule has 0 aliphatic rings. The fourth-order valence-electron chi connectivity index (χ4n) is 3.05. The van der Waals surface area contributed by atoms with Crippen molar-refractivity contribution in [3.8, 4) is 17.2 Å². The smallest absolute Gasteiger partial charge is 0.278 e. The molecule has 0 unspecified atom stereocenters. The van der Waals surface area contributed by atoms with Crippen molar-refractivity contribution in [3.63, 3.8) is 0 Å². The third kappa shape index (κ3) is 4.33. The molecule has 9 nitrogen and oxygen atoms in total. The van der Waals surface area contributed by atoms with Gasteiger partial charge in [0.2, 0.25) is 5.75 Å². The zero-order valence-corrected chi connectivity index (χ0v) is 18.5. The van der Waals surface area contributed by atoms with Gasteiger partial charge in [0.25, 0.3) is 11.6 Å². The van der Waals surface area contributed by atoms with Crippen LogP contribution in [0.5, 0.6) is 17.2 Å². The molecule has 0 aliphatic heterocycles. The Morgan fingerprint density at radius 2 is 1.61 bits per heavy atom. The molecule has 0 amide bonds. The largest absolute Gasteiger partial charge is 0.493 e. The average Bonchev–Trinajstić information content (AvgIpc) is 3.06. The Morgan fingerprint density at radius 1 is 1.03 bits per heavy atom. The second-order valence-corrected chi connectivity index (χ2v) is 7.57. The molecule has 0 radical (unpaired) electrons. The summed E-state index contributed by atoms with van der Waals surface area (Å²) >= 11 is 1.39. The molecule has 3 rings (SSSR count). The number of carbonyl (C=O) groups is 1. The van der Waals surface area contributed by atoms with Crippen molar-refractivity contribution in [3.05, 3.63) is 63.5 Å². The monoisotopic (exact) mass is 443 g/mol. The number of hydrogen-bond acceptors (Lipinski definition) is 8. The molecule has 0 spiro atoms. The molecule has 10 heteroatoms. The molecule has 1 aromatic heterocycles. The molecule has 1 heterocycles. The summed E-state index contributed by atoms with van der Waals surface area (Å²) in [4.78, 5) is 25.2. The highest BCUT2D eigenvalue weighted by molar-refractivity contribution is 7.99. The average molecular weight is 443 g/mol. The first kappa shape index (κ1) is 22.2. The summed E-state index contributed by atoms with van der Waals surface area (Å²) in [5.41, 5.74) is 1.67. The third-order valence-electron chi connectivity index (χ3n) is 4.60. The summed E-state index contributed by atoms with van der Waals surface area (Å²) in [7, 11) is 4.45. The molecular formula is C21H21N3O6S. The van der Waals surface area contributed by atoms with E-state index in [1.54, 1.807) is 38.1 Å². The van der Waals surface area contributed by atoms with Crippen LogP contribution in [0.25, 0.3) is 0 Å². The van der Waals surface area contributed by atoms with Crippen molar-refractivity contribution < 1.29 is 23.9 Å². The predicted octanol–water partition coefficient (Wildman–Crippen LogP) is 4.27. The van der Waals surface area contributed by atoms with Crippen LogP contribution in [-0.4, -0.2) is 41.9 Å². The summed E-state index contributed by atoms with van der Waals surface area (Å²) in [6.07, 6.45) is 0. The van der Waals surface area contributed by atoms with E-state index >= 15 is 0 Å². The number of nitro benzene ring substituents is 1. The fraction of sp³-hybridized carbons (Fsp3) is 0.238. The van der Waals surface area contributed by atoms with Gasteiger partial charge < -0.3 is 14.2 Å². The maximum Gasteiger partial charge on any atom is 0.278 e. The number of hydrogen-bond donors (Lipinski definition) is 0. The van der Waals surface area contributed by atoms with Crippen molar-refractivity contribution in [2.24, 2.45) is 0 Å². The topological polar surface area (TPSA) is 106 Å². The quantitative estimate of drug-likeness (QED) is 0.394. The van der Waals surface area contributed by atoms with E-state index in [4.69, 9.17) is 14.2 Å². The van der Waals surface area contributed by atoms with Crippen LogP contribution >= 0.6 is 11.8 Å². The van der Waals surface area contributed by atoms with Crippen LogP contribution in [-0.2, 0) is 0 Å². The van der Waals surface area contributed by atoms with Gasteiger partial charge in [-0.25, -0.2) is 0 Å². The Morgan fingerprint density at radius 3 is 2.10 bits per heavy atom. The summed E-state index contributed by atoms with van der Waals surface area (Å²) in [6, 6.07) is 9.36. The zero-order chi connectivity index (χ0) is 22.7. The standard InChI is InChI=1S/C21H21N3O6S/c1-12-20(31-16-8-6-15(7-9-16)24(26)27)13(2)23(22-12)21(25)14-10-17(28-3)19(30-5)18(11-14)29-4/h6-11H,1-5H3. The molecule has 0 saturated carbocycles. The molecule has 0 atom stereocenters. The summed E-state index contributed by atoms with van der Waals surface area (Å²) in [5, 5.41) is 15.3. The lowest BCUT2D eigenvalue weighted by molar-refractivity contribution is -0.384. The van der Waals surface area contributed by atoms with Gasteiger partial charge >= 0.3 is 0 Å². The molecule has 0 saturated heterocycles. The number of ether oxygens (including phenoxy) is 3. The molecule has 0 bridgehead atoms. The van der Waals surface area contributed by atoms with Gasteiger partial charge in [-0.3, -0.25) is 14.9 Å². The van der Waals surface area contributed by atoms with Gasteiger partial charge in [-0.1, -0.05) is 11.8 Å². The highest BCUT2D eigenvalue weighted by Crippen LogP contribution is 2.39. The predicted molar refractivity (Wildman–Crippen MR) is 115 cm³/mol. The van der Waals surface area contributed by atoms with Gasteiger partial charge in [0.1, 0.15) is 0 Å². The molecule has 162 valence electrons. The molecule has 3 aromatic rings. The third-order valence-corrected chi connectivity index (χ3v) is 5.90. The maximum absolute atomic E-state index is 13.2. The molecular weight excluding hydrogens is 422 g/mol. The first-order chi connectivity index (χ1) is 14.8. The summed E-state index contributed by atoms with van der Waals surface area (Å²) in [5.74, 6) is 0.777. The van der Waals surface area contributed by atoms with E-state index in [1.165, 1.54) is 49.9 Å². The molecule has 0 aliphatic carbocycles. The Bertz CT molecular complexity index is 1120. The van der Waals surface area contributed by atoms with E-state index in [9.17, 15) is 14.9 Å². The SMILES string of the molecule is COc1cc(C(=O)n2nc(C)c(Sc3ccc([N+](=O)[O-])cc3)c2C)cc(OC)c1OC. The Hall–Kier alpha value is -3.53.